The third-order valence-corrected chi connectivity index (χ3v) is 2.11. The largest absolute Gasteiger partial charge is 0.324 e. The lowest BCUT2D eigenvalue weighted by atomic mass is 10.1. The van der Waals surface area contributed by atoms with Gasteiger partial charge in [-0.1, -0.05) is 6.07 Å². The summed E-state index contributed by atoms with van der Waals surface area (Å²) < 4.78 is 13.3. The third kappa shape index (κ3) is 2.73. The molecule has 0 radical (unpaired) electrons. The van der Waals surface area contributed by atoms with Crippen LogP contribution in [0.25, 0.3) is 0 Å². The molecule has 2 N–H and O–H groups in total. The van der Waals surface area contributed by atoms with Gasteiger partial charge in [-0.3, -0.25) is 0 Å². The molecule has 1 aromatic carbocycles. The Labute approximate surface area is 85.7 Å². The molecule has 1 nitrogen and oxygen atoms in total. The van der Waals surface area contributed by atoms with Crippen molar-refractivity contribution in [1.82, 2.24) is 0 Å². The minimum atomic E-state index is -0.264. The zero-order valence-corrected chi connectivity index (χ0v) is 8.95. The van der Waals surface area contributed by atoms with Crippen molar-refractivity contribution in [2.45, 2.75) is 13.0 Å². The molecule has 0 aliphatic heterocycles. The molecule has 0 bridgehead atoms. The Morgan fingerprint density at radius 1 is 1.50 bits per heavy atom. The maximum atomic E-state index is 12.8. The van der Waals surface area contributed by atoms with Crippen molar-refractivity contribution in [2.24, 2.45) is 5.73 Å². The highest BCUT2D eigenvalue weighted by atomic mass is 79.9. The van der Waals surface area contributed by atoms with E-state index in [4.69, 9.17) is 5.73 Å². The number of nitrogens with two attached hydrogens (primary N) is 1. The molecule has 68 valence electrons. The van der Waals surface area contributed by atoms with Crippen molar-refractivity contribution < 1.29 is 4.39 Å². The Kier molecular flexibility index (Phi) is 4.75. The number of benzene rings is 1. The van der Waals surface area contributed by atoms with Gasteiger partial charge in [-0.15, -0.1) is 12.4 Å². The number of rotatable bonds is 1. The Balaban J connectivity index is 0.00000121. The van der Waals surface area contributed by atoms with Gasteiger partial charge in [0.25, 0.3) is 0 Å². The van der Waals surface area contributed by atoms with E-state index in [0.717, 1.165) is 5.56 Å². The molecule has 0 aromatic heterocycles. The van der Waals surface area contributed by atoms with Crippen molar-refractivity contribution in [3.8, 4) is 0 Å². The smallest absolute Gasteiger partial charge is 0.137 e. The predicted octanol–water partition coefficient (Wildman–Crippen LogP) is 3.03. The Hall–Kier alpha value is -0.120. The van der Waals surface area contributed by atoms with E-state index in [1.54, 1.807) is 12.1 Å². The first-order valence-electron chi connectivity index (χ1n) is 3.32. The van der Waals surface area contributed by atoms with Crippen molar-refractivity contribution in [3.05, 3.63) is 34.1 Å². The van der Waals surface area contributed by atoms with Crippen LogP contribution in [0.5, 0.6) is 0 Å². The molecule has 1 unspecified atom stereocenters. The molecule has 12 heavy (non-hydrogen) atoms. The monoisotopic (exact) mass is 253 g/mol. The summed E-state index contributed by atoms with van der Waals surface area (Å²) in [4.78, 5) is 0. The van der Waals surface area contributed by atoms with Gasteiger partial charge in [0, 0.05) is 6.04 Å². The molecule has 0 spiro atoms. The summed E-state index contributed by atoms with van der Waals surface area (Å²) >= 11 is 3.06. The second-order valence-corrected chi connectivity index (χ2v) is 3.32. The second-order valence-electron chi connectivity index (χ2n) is 2.46. The molecule has 1 aromatic rings. The summed E-state index contributed by atoms with van der Waals surface area (Å²) in [6.07, 6.45) is 0. The van der Waals surface area contributed by atoms with Gasteiger partial charge in [0.2, 0.25) is 0 Å². The van der Waals surface area contributed by atoms with Gasteiger partial charge < -0.3 is 5.73 Å². The molecule has 0 heterocycles. The van der Waals surface area contributed by atoms with Crippen LogP contribution >= 0.6 is 28.3 Å². The van der Waals surface area contributed by atoms with E-state index in [1.165, 1.54) is 6.07 Å². The molecular formula is C8H10BrClFN. The minimum Gasteiger partial charge on any atom is -0.324 e. The SMILES string of the molecule is CC(N)c1ccc(Br)c(F)c1.Cl. The average Bonchev–Trinajstić information content (AvgIpc) is 1.94. The zero-order valence-electron chi connectivity index (χ0n) is 6.55. The normalized spacial score (nSPS) is 12.0. The van der Waals surface area contributed by atoms with Crippen LogP contribution in [0.1, 0.15) is 18.5 Å². The van der Waals surface area contributed by atoms with E-state index in [0.29, 0.717) is 4.47 Å². The third-order valence-electron chi connectivity index (χ3n) is 1.47. The van der Waals surface area contributed by atoms with Crippen LogP contribution in [0.2, 0.25) is 0 Å². The second kappa shape index (κ2) is 4.80. The van der Waals surface area contributed by atoms with Crippen molar-refractivity contribution in [1.29, 1.82) is 0 Å². The molecule has 0 fully saturated rings. The molecular weight excluding hydrogens is 244 g/mol. The van der Waals surface area contributed by atoms with Crippen LogP contribution in [-0.2, 0) is 0 Å². The Morgan fingerprint density at radius 2 is 2.08 bits per heavy atom. The van der Waals surface area contributed by atoms with Crippen LogP contribution in [0.3, 0.4) is 0 Å². The number of hydrogen-bond acceptors (Lipinski definition) is 1. The number of hydrogen-bond donors (Lipinski definition) is 1. The lowest BCUT2D eigenvalue weighted by molar-refractivity contribution is 0.615. The first-order valence-corrected chi connectivity index (χ1v) is 4.11. The summed E-state index contributed by atoms with van der Waals surface area (Å²) in [5.74, 6) is -0.264. The topological polar surface area (TPSA) is 26.0 Å². The van der Waals surface area contributed by atoms with E-state index in [-0.39, 0.29) is 24.3 Å². The lowest BCUT2D eigenvalue weighted by Crippen LogP contribution is -2.04. The zero-order chi connectivity index (χ0) is 8.43. The average molecular weight is 255 g/mol. The van der Waals surface area contributed by atoms with E-state index >= 15 is 0 Å². The minimum absolute atomic E-state index is 0. The van der Waals surface area contributed by atoms with E-state index in [9.17, 15) is 4.39 Å². The Morgan fingerprint density at radius 3 is 2.50 bits per heavy atom. The van der Waals surface area contributed by atoms with Gasteiger partial charge in [-0.05, 0) is 40.5 Å². The number of halogens is 3. The maximum Gasteiger partial charge on any atom is 0.137 e. The van der Waals surface area contributed by atoms with Crippen LogP contribution < -0.4 is 5.73 Å². The molecule has 0 saturated heterocycles. The first-order chi connectivity index (χ1) is 5.11. The van der Waals surface area contributed by atoms with Gasteiger partial charge in [0.05, 0.1) is 4.47 Å². The first kappa shape index (κ1) is 11.9. The summed E-state index contributed by atoms with van der Waals surface area (Å²) in [5, 5.41) is 0. The lowest BCUT2D eigenvalue weighted by Gasteiger charge is -2.05. The maximum absolute atomic E-state index is 12.8. The van der Waals surface area contributed by atoms with Gasteiger partial charge in [0.1, 0.15) is 5.82 Å². The Bertz CT molecular complexity index is 265. The van der Waals surface area contributed by atoms with Gasteiger partial charge in [-0.2, -0.15) is 0 Å². The fourth-order valence-electron chi connectivity index (χ4n) is 0.796. The molecule has 1 atom stereocenters. The highest BCUT2D eigenvalue weighted by Crippen LogP contribution is 2.18. The van der Waals surface area contributed by atoms with Gasteiger partial charge in [-0.25, -0.2) is 4.39 Å². The molecule has 1 rings (SSSR count). The van der Waals surface area contributed by atoms with Crippen LogP contribution in [0, 0.1) is 5.82 Å². The summed E-state index contributed by atoms with van der Waals surface area (Å²) in [7, 11) is 0. The summed E-state index contributed by atoms with van der Waals surface area (Å²) in [6.45, 7) is 1.82. The standard InChI is InChI=1S/C8H9BrFN.ClH/c1-5(11)6-2-3-7(9)8(10)4-6;/h2-5H,11H2,1H3;1H. The quantitative estimate of drug-likeness (QED) is 0.819. The fourth-order valence-corrected chi connectivity index (χ4v) is 1.04. The summed E-state index contributed by atoms with van der Waals surface area (Å²) in [5.41, 5.74) is 6.36. The van der Waals surface area contributed by atoms with Gasteiger partial charge in [0.15, 0.2) is 0 Å². The van der Waals surface area contributed by atoms with Crippen molar-refractivity contribution in [2.75, 3.05) is 0 Å². The molecule has 0 aliphatic carbocycles. The predicted molar refractivity (Wildman–Crippen MR) is 54.0 cm³/mol. The molecule has 0 aliphatic rings. The van der Waals surface area contributed by atoms with Gasteiger partial charge >= 0.3 is 0 Å². The molecule has 0 saturated carbocycles. The van der Waals surface area contributed by atoms with E-state index in [2.05, 4.69) is 15.9 Å². The van der Waals surface area contributed by atoms with Crippen molar-refractivity contribution >= 4 is 28.3 Å². The van der Waals surface area contributed by atoms with Crippen LogP contribution in [-0.4, -0.2) is 0 Å². The van der Waals surface area contributed by atoms with Crippen LogP contribution in [0.4, 0.5) is 4.39 Å². The molecule has 4 heteroatoms. The van der Waals surface area contributed by atoms with Crippen LogP contribution in [0.15, 0.2) is 22.7 Å². The van der Waals surface area contributed by atoms with E-state index in [1.807, 2.05) is 6.92 Å². The molecule has 0 amide bonds. The highest BCUT2D eigenvalue weighted by molar-refractivity contribution is 9.10. The van der Waals surface area contributed by atoms with E-state index < -0.39 is 0 Å². The fraction of sp³-hybridized carbons (Fsp3) is 0.250. The van der Waals surface area contributed by atoms with Crippen molar-refractivity contribution in [3.63, 3.8) is 0 Å². The summed E-state index contributed by atoms with van der Waals surface area (Å²) in [6, 6.07) is 4.79. The highest BCUT2D eigenvalue weighted by Gasteiger charge is 2.02.